The highest BCUT2D eigenvalue weighted by molar-refractivity contribution is 8.18. The second-order valence-electron chi connectivity index (χ2n) is 6.13. The number of hydrogen-bond donors (Lipinski definition) is 2. The zero-order valence-electron chi connectivity index (χ0n) is 15.1. The van der Waals surface area contributed by atoms with Crippen LogP contribution in [0.1, 0.15) is 16.1 Å². The van der Waals surface area contributed by atoms with E-state index in [0.717, 1.165) is 11.8 Å². The number of amides is 1. The Morgan fingerprint density at radius 3 is 2.73 bits per heavy atom. The minimum absolute atomic E-state index is 0.0476. The maximum absolute atomic E-state index is 12.3. The number of nitrogens with zero attached hydrogens (tertiary/aromatic N) is 1. The van der Waals surface area contributed by atoms with Gasteiger partial charge in [0.2, 0.25) is 0 Å². The van der Waals surface area contributed by atoms with Gasteiger partial charge in [-0.3, -0.25) is 4.79 Å². The van der Waals surface area contributed by atoms with E-state index in [9.17, 15) is 14.7 Å². The van der Waals surface area contributed by atoms with Crippen molar-refractivity contribution >= 4 is 63.8 Å². The first-order chi connectivity index (χ1) is 14.4. The van der Waals surface area contributed by atoms with Gasteiger partial charge in [0.05, 0.1) is 21.2 Å². The van der Waals surface area contributed by atoms with Crippen LogP contribution in [0.25, 0.3) is 17.4 Å². The summed E-state index contributed by atoms with van der Waals surface area (Å²) in [6, 6.07) is 14.8. The largest absolute Gasteiger partial charge is 0.478 e. The normalized spacial score (nSPS) is 16.3. The van der Waals surface area contributed by atoms with Gasteiger partial charge in [-0.2, -0.15) is 0 Å². The van der Waals surface area contributed by atoms with Gasteiger partial charge in [0.25, 0.3) is 5.91 Å². The first-order valence-corrected chi connectivity index (χ1v) is 10.1. The molecule has 1 amide bonds. The Balaban J connectivity index is 1.59. The first-order valence-electron chi connectivity index (χ1n) is 8.58. The summed E-state index contributed by atoms with van der Waals surface area (Å²) in [5, 5.41) is 13.2. The molecule has 0 atom stereocenters. The number of amidine groups is 1. The Morgan fingerprint density at radius 2 is 1.93 bits per heavy atom. The molecule has 2 N–H and O–H groups in total. The number of carbonyl (C=O) groups is 2. The highest BCUT2D eigenvalue weighted by atomic mass is 35.5. The number of aliphatic imine (C=N–C) groups is 1. The number of carboxylic acid groups (broad SMARTS) is 1. The van der Waals surface area contributed by atoms with Crippen molar-refractivity contribution in [3.63, 3.8) is 0 Å². The molecule has 9 heteroatoms. The number of furan rings is 1. The van der Waals surface area contributed by atoms with Crippen molar-refractivity contribution in [3.8, 4) is 11.3 Å². The van der Waals surface area contributed by atoms with Gasteiger partial charge in [0.15, 0.2) is 5.17 Å². The summed E-state index contributed by atoms with van der Waals surface area (Å²) >= 11 is 13.3. The van der Waals surface area contributed by atoms with Gasteiger partial charge in [-0.1, -0.05) is 35.3 Å². The lowest BCUT2D eigenvalue weighted by Gasteiger charge is -2.01. The molecule has 0 bridgehead atoms. The minimum atomic E-state index is -1.09. The number of rotatable bonds is 4. The molecule has 6 nitrogen and oxygen atoms in total. The molecular formula is C21H12Cl2N2O4S. The average molecular weight is 459 g/mol. The van der Waals surface area contributed by atoms with Gasteiger partial charge < -0.3 is 14.8 Å². The summed E-state index contributed by atoms with van der Waals surface area (Å²) in [5.41, 5.74) is 0.946. The predicted molar refractivity (Wildman–Crippen MR) is 118 cm³/mol. The number of benzene rings is 2. The minimum Gasteiger partial charge on any atom is -0.478 e. The first kappa shape index (κ1) is 20.3. The topological polar surface area (TPSA) is 91.9 Å². The van der Waals surface area contributed by atoms with Crippen LogP contribution in [-0.2, 0) is 4.79 Å². The molecule has 4 rings (SSSR count). The number of halogens is 2. The Labute approximate surface area is 185 Å². The van der Waals surface area contributed by atoms with Gasteiger partial charge in [-0.25, -0.2) is 9.79 Å². The monoisotopic (exact) mass is 458 g/mol. The Hall–Kier alpha value is -3.00. The van der Waals surface area contributed by atoms with Crippen molar-refractivity contribution in [1.29, 1.82) is 0 Å². The quantitative estimate of drug-likeness (QED) is 0.478. The third-order valence-electron chi connectivity index (χ3n) is 4.10. The summed E-state index contributed by atoms with van der Waals surface area (Å²) in [6.07, 6.45) is 1.58. The average Bonchev–Trinajstić information content (AvgIpc) is 3.31. The molecule has 150 valence electrons. The van der Waals surface area contributed by atoms with E-state index in [4.69, 9.17) is 27.6 Å². The Bertz CT molecular complexity index is 1230. The lowest BCUT2D eigenvalue weighted by atomic mass is 10.2. The maximum Gasteiger partial charge on any atom is 0.337 e. The van der Waals surface area contributed by atoms with Crippen LogP contribution in [0.4, 0.5) is 5.69 Å². The lowest BCUT2D eigenvalue weighted by Crippen LogP contribution is -2.19. The molecule has 3 aromatic rings. The summed E-state index contributed by atoms with van der Waals surface area (Å²) in [5.74, 6) is -0.485. The van der Waals surface area contributed by atoms with Gasteiger partial charge in [-0.15, -0.1) is 0 Å². The van der Waals surface area contributed by atoms with E-state index >= 15 is 0 Å². The van der Waals surface area contributed by atoms with E-state index < -0.39 is 5.97 Å². The van der Waals surface area contributed by atoms with Crippen LogP contribution in [0, 0.1) is 0 Å². The molecule has 30 heavy (non-hydrogen) atoms. The number of carbonyl (C=O) groups excluding carboxylic acids is 1. The molecule has 0 aliphatic carbocycles. The van der Waals surface area contributed by atoms with E-state index in [-0.39, 0.29) is 22.3 Å². The van der Waals surface area contributed by atoms with E-state index in [1.165, 1.54) is 6.07 Å². The predicted octanol–water partition coefficient (Wildman–Crippen LogP) is 5.84. The van der Waals surface area contributed by atoms with E-state index in [2.05, 4.69) is 10.3 Å². The fourth-order valence-electron chi connectivity index (χ4n) is 2.73. The van der Waals surface area contributed by atoms with Crippen LogP contribution >= 0.6 is 35.0 Å². The number of para-hydroxylation sites is 1. The molecule has 2 heterocycles. The van der Waals surface area contributed by atoms with E-state index in [1.807, 2.05) is 0 Å². The lowest BCUT2D eigenvalue weighted by molar-refractivity contribution is -0.115. The second-order valence-corrected chi connectivity index (χ2v) is 8.00. The van der Waals surface area contributed by atoms with Crippen molar-refractivity contribution in [2.45, 2.75) is 0 Å². The van der Waals surface area contributed by atoms with Crippen LogP contribution in [0.5, 0.6) is 0 Å². The van der Waals surface area contributed by atoms with Crippen molar-refractivity contribution in [1.82, 2.24) is 5.32 Å². The molecule has 2 aromatic carbocycles. The van der Waals surface area contributed by atoms with Crippen LogP contribution in [-0.4, -0.2) is 22.2 Å². The number of thioether (sulfide) groups is 1. The van der Waals surface area contributed by atoms with Crippen LogP contribution in [0.3, 0.4) is 0 Å². The zero-order chi connectivity index (χ0) is 21.3. The van der Waals surface area contributed by atoms with Gasteiger partial charge in [0.1, 0.15) is 11.5 Å². The molecule has 0 spiro atoms. The van der Waals surface area contributed by atoms with Crippen LogP contribution in [0.15, 0.2) is 68.9 Å². The Morgan fingerprint density at radius 1 is 1.13 bits per heavy atom. The van der Waals surface area contributed by atoms with Gasteiger partial charge >= 0.3 is 5.97 Å². The molecular weight excluding hydrogens is 447 g/mol. The second kappa shape index (κ2) is 8.39. The molecule has 1 aliphatic heterocycles. The van der Waals surface area contributed by atoms with Crippen molar-refractivity contribution < 1.29 is 19.1 Å². The molecule has 0 unspecified atom stereocenters. The number of nitrogens with one attached hydrogen (secondary N) is 1. The summed E-state index contributed by atoms with van der Waals surface area (Å²) in [7, 11) is 0. The molecule has 1 aromatic heterocycles. The smallest absolute Gasteiger partial charge is 0.337 e. The number of carboxylic acids is 1. The van der Waals surface area contributed by atoms with Crippen LogP contribution < -0.4 is 5.32 Å². The molecule has 0 saturated carbocycles. The molecule has 0 radical (unpaired) electrons. The zero-order valence-corrected chi connectivity index (χ0v) is 17.4. The van der Waals surface area contributed by atoms with Crippen molar-refractivity contribution in [2.75, 3.05) is 0 Å². The van der Waals surface area contributed by atoms with Gasteiger partial charge in [-0.05, 0) is 54.2 Å². The van der Waals surface area contributed by atoms with E-state index in [0.29, 0.717) is 32.0 Å². The summed E-state index contributed by atoms with van der Waals surface area (Å²) in [6.45, 7) is 0. The highest BCUT2D eigenvalue weighted by Crippen LogP contribution is 2.34. The Kier molecular flexibility index (Phi) is 5.67. The number of aromatic carboxylic acids is 1. The van der Waals surface area contributed by atoms with E-state index in [1.54, 1.807) is 54.6 Å². The van der Waals surface area contributed by atoms with Crippen LogP contribution in [0.2, 0.25) is 10.0 Å². The summed E-state index contributed by atoms with van der Waals surface area (Å²) < 4.78 is 5.79. The third kappa shape index (κ3) is 4.28. The summed E-state index contributed by atoms with van der Waals surface area (Å²) in [4.78, 5) is 28.2. The fourth-order valence-corrected chi connectivity index (χ4v) is 3.93. The molecule has 1 fully saturated rings. The number of hydrogen-bond acceptors (Lipinski definition) is 5. The standard InChI is InChI=1S/C21H12Cl2N2O4S/c22-11-5-7-15(23)14(9-11)17-8-6-12(29-17)10-18-19(26)25-21(30-18)24-16-4-2-1-3-13(16)20(27)28/h1-10H,(H,27,28)(H,24,25,26)/b18-10+. The fraction of sp³-hybridized carbons (Fsp3) is 0. The maximum atomic E-state index is 12.3. The van der Waals surface area contributed by atoms with Crippen molar-refractivity contribution in [2.24, 2.45) is 4.99 Å². The molecule has 1 saturated heterocycles. The van der Waals surface area contributed by atoms with Crippen molar-refractivity contribution in [3.05, 3.63) is 80.9 Å². The third-order valence-corrected chi connectivity index (χ3v) is 5.58. The molecule has 1 aliphatic rings. The van der Waals surface area contributed by atoms with Gasteiger partial charge in [0, 0.05) is 16.7 Å². The highest BCUT2D eigenvalue weighted by Gasteiger charge is 2.25. The SMILES string of the molecule is O=C1NC(=Nc2ccccc2C(=O)O)S/C1=C/c1ccc(-c2cc(Cl)ccc2Cl)o1.